The molecule has 5 heteroatoms. The van der Waals surface area contributed by atoms with E-state index in [2.05, 4.69) is 29.2 Å². The quantitative estimate of drug-likeness (QED) is 0.899. The highest BCUT2D eigenvalue weighted by molar-refractivity contribution is 5.79. The molecule has 0 spiro atoms. The van der Waals surface area contributed by atoms with Crippen LogP contribution in [0, 0.1) is 0 Å². The molecule has 2 aliphatic heterocycles. The molecule has 2 saturated heterocycles. The van der Waals surface area contributed by atoms with Gasteiger partial charge in [0.05, 0.1) is 38.3 Å². The molecule has 0 aliphatic carbocycles. The lowest BCUT2D eigenvalue weighted by atomic mass is 10.00. The van der Waals surface area contributed by atoms with E-state index in [9.17, 15) is 4.79 Å². The summed E-state index contributed by atoms with van der Waals surface area (Å²) >= 11 is 0. The molecule has 0 aromatic heterocycles. The Morgan fingerprint density at radius 1 is 1.00 bits per heavy atom. The molecule has 142 valence electrons. The van der Waals surface area contributed by atoms with Gasteiger partial charge in [0.15, 0.2) is 0 Å². The van der Waals surface area contributed by atoms with E-state index in [1.165, 1.54) is 5.56 Å². The van der Waals surface area contributed by atoms with E-state index in [0.717, 1.165) is 30.8 Å². The molecule has 2 atom stereocenters. The van der Waals surface area contributed by atoms with Crippen LogP contribution in [0.1, 0.15) is 22.7 Å². The predicted molar refractivity (Wildman–Crippen MR) is 103 cm³/mol. The Morgan fingerprint density at radius 3 is 2.48 bits per heavy atom. The van der Waals surface area contributed by atoms with Crippen LogP contribution in [0.15, 0.2) is 54.6 Å². The van der Waals surface area contributed by atoms with E-state index in [1.807, 2.05) is 35.2 Å². The third-order valence-electron chi connectivity index (χ3n) is 5.61. The van der Waals surface area contributed by atoms with Crippen LogP contribution in [0.25, 0.3) is 0 Å². The van der Waals surface area contributed by atoms with Gasteiger partial charge in [-0.25, -0.2) is 0 Å². The third kappa shape index (κ3) is 4.05. The van der Waals surface area contributed by atoms with Gasteiger partial charge in [-0.05, 0) is 16.7 Å². The average Bonchev–Trinajstić information content (AvgIpc) is 2.74. The molecule has 0 bridgehead atoms. The van der Waals surface area contributed by atoms with E-state index in [1.54, 1.807) is 0 Å². The van der Waals surface area contributed by atoms with Crippen LogP contribution in [0.5, 0.6) is 0 Å². The lowest BCUT2D eigenvalue weighted by Crippen LogP contribution is -2.60. The number of morpholine rings is 1. The molecule has 27 heavy (non-hydrogen) atoms. The number of aliphatic hydroxyl groups is 1. The Morgan fingerprint density at radius 2 is 1.74 bits per heavy atom. The van der Waals surface area contributed by atoms with E-state index in [4.69, 9.17) is 9.84 Å². The van der Waals surface area contributed by atoms with Crippen molar-refractivity contribution in [2.75, 3.05) is 32.8 Å². The number of hydrogen-bond donors (Lipinski definition) is 1. The van der Waals surface area contributed by atoms with Gasteiger partial charge in [-0.15, -0.1) is 0 Å². The fourth-order valence-electron chi connectivity index (χ4n) is 4.08. The smallest absolute Gasteiger partial charge is 0.227 e. The summed E-state index contributed by atoms with van der Waals surface area (Å²) in [5.41, 5.74) is 3.14. The number of ether oxygens (including phenoxy) is 1. The van der Waals surface area contributed by atoms with E-state index >= 15 is 0 Å². The maximum Gasteiger partial charge on any atom is 0.227 e. The van der Waals surface area contributed by atoms with Gasteiger partial charge in [0.25, 0.3) is 0 Å². The molecule has 4 rings (SSSR count). The maximum atomic E-state index is 12.8. The predicted octanol–water partition coefficient (Wildman–Crippen LogP) is 2.01. The Bertz CT molecular complexity index is 763. The number of hydrogen-bond acceptors (Lipinski definition) is 4. The largest absolute Gasteiger partial charge is 0.392 e. The molecule has 2 aliphatic rings. The lowest BCUT2D eigenvalue weighted by Gasteiger charge is -2.48. The van der Waals surface area contributed by atoms with E-state index < -0.39 is 0 Å². The molecule has 5 nitrogen and oxygen atoms in total. The molecule has 0 unspecified atom stereocenters. The fourth-order valence-corrected chi connectivity index (χ4v) is 4.08. The Hall–Kier alpha value is -2.21. The highest BCUT2D eigenvalue weighted by Crippen LogP contribution is 2.29. The normalized spacial score (nSPS) is 23.1. The third-order valence-corrected chi connectivity index (χ3v) is 5.61. The number of piperazine rings is 1. The lowest BCUT2D eigenvalue weighted by molar-refractivity contribution is -0.139. The second-order valence-electron chi connectivity index (χ2n) is 7.35. The van der Waals surface area contributed by atoms with Crippen molar-refractivity contribution in [3.05, 3.63) is 71.3 Å². The standard InChI is InChI=1S/C22H26N2O3/c25-14-18-8-6-17(7-9-18)12-22(26)23-10-11-24-20(13-23)15-27-16-21(24)19-4-2-1-3-5-19/h1-9,20-21,25H,10-16H2/t20-,21-/m1/s1. The number of amides is 1. The first kappa shape index (κ1) is 18.2. The van der Waals surface area contributed by atoms with Crippen molar-refractivity contribution in [3.8, 4) is 0 Å². The van der Waals surface area contributed by atoms with Crippen molar-refractivity contribution >= 4 is 5.91 Å². The molecule has 1 amide bonds. The molecule has 2 aromatic rings. The van der Waals surface area contributed by atoms with Gasteiger partial charge in [-0.2, -0.15) is 0 Å². The Labute approximate surface area is 160 Å². The summed E-state index contributed by atoms with van der Waals surface area (Å²) in [5, 5.41) is 9.14. The summed E-state index contributed by atoms with van der Waals surface area (Å²) in [7, 11) is 0. The second kappa shape index (κ2) is 8.21. The van der Waals surface area contributed by atoms with Crippen LogP contribution in [0.2, 0.25) is 0 Å². The summed E-state index contributed by atoms with van der Waals surface area (Å²) < 4.78 is 5.87. The van der Waals surface area contributed by atoms with Crippen molar-refractivity contribution in [3.63, 3.8) is 0 Å². The van der Waals surface area contributed by atoms with Gasteiger partial charge in [-0.1, -0.05) is 54.6 Å². The first-order chi connectivity index (χ1) is 13.2. The van der Waals surface area contributed by atoms with Gasteiger partial charge in [-0.3, -0.25) is 9.69 Å². The van der Waals surface area contributed by atoms with Crippen LogP contribution in [-0.2, 0) is 22.6 Å². The van der Waals surface area contributed by atoms with Gasteiger partial charge in [0, 0.05) is 19.6 Å². The minimum atomic E-state index is 0.0282. The number of aliphatic hydroxyl groups excluding tert-OH is 1. The van der Waals surface area contributed by atoms with Crippen molar-refractivity contribution in [1.29, 1.82) is 0 Å². The van der Waals surface area contributed by atoms with Gasteiger partial charge >= 0.3 is 0 Å². The van der Waals surface area contributed by atoms with Crippen LogP contribution < -0.4 is 0 Å². The summed E-state index contributed by atoms with van der Waals surface area (Å²) in [6.45, 7) is 3.78. The average molecular weight is 366 g/mol. The molecular weight excluding hydrogens is 340 g/mol. The monoisotopic (exact) mass is 366 g/mol. The second-order valence-corrected chi connectivity index (χ2v) is 7.35. The molecule has 2 heterocycles. The van der Waals surface area contributed by atoms with E-state index in [0.29, 0.717) is 19.6 Å². The van der Waals surface area contributed by atoms with Gasteiger partial charge in [0.2, 0.25) is 5.91 Å². The van der Waals surface area contributed by atoms with Crippen molar-refractivity contribution in [1.82, 2.24) is 9.80 Å². The number of fused-ring (bicyclic) bond motifs is 1. The number of carbonyl (C=O) groups excluding carboxylic acids is 1. The SMILES string of the molecule is O=C(Cc1ccc(CO)cc1)N1CCN2[C@@H](COC[C@@H]2c2ccccc2)C1. The zero-order valence-corrected chi connectivity index (χ0v) is 15.5. The van der Waals surface area contributed by atoms with Gasteiger partial charge < -0.3 is 14.7 Å². The van der Waals surface area contributed by atoms with Crippen LogP contribution >= 0.6 is 0 Å². The minimum absolute atomic E-state index is 0.0282. The summed E-state index contributed by atoms with van der Waals surface area (Å²) in [5.74, 6) is 0.160. The number of benzene rings is 2. The Kier molecular flexibility index (Phi) is 5.53. The topological polar surface area (TPSA) is 53.0 Å². The molecular formula is C22H26N2O3. The van der Waals surface area contributed by atoms with Crippen LogP contribution in [0.3, 0.4) is 0 Å². The van der Waals surface area contributed by atoms with Gasteiger partial charge in [0.1, 0.15) is 0 Å². The summed E-state index contributed by atoms with van der Waals surface area (Å²) in [6, 6.07) is 18.6. The van der Waals surface area contributed by atoms with Crippen LogP contribution in [-0.4, -0.2) is 59.7 Å². The first-order valence-corrected chi connectivity index (χ1v) is 9.59. The maximum absolute atomic E-state index is 12.8. The van der Waals surface area contributed by atoms with Crippen LogP contribution in [0.4, 0.5) is 0 Å². The molecule has 1 N–H and O–H groups in total. The zero-order chi connectivity index (χ0) is 18.6. The van der Waals surface area contributed by atoms with Crippen molar-refractivity contribution < 1.29 is 14.6 Å². The molecule has 2 fully saturated rings. The Balaban J connectivity index is 1.39. The number of nitrogens with zero attached hydrogens (tertiary/aromatic N) is 2. The molecule has 0 saturated carbocycles. The molecule has 2 aromatic carbocycles. The van der Waals surface area contributed by atoms with Crippen molar-refractivity contribution in [2.24, 2.45) is 0 Å². The first-order valence-electron chi connectivity index (χ1n) is 9.59. The fraction of sp³-hybridized carbons (Fsp3) is 0.409. The van der Waals surface area contributed by atoms with E-state index in [-0.39, 0.29) is 24.6 Å². The number of carbonyl (C=O) groups is 1. The minimum Gasteiger partial charge on any atom is -0.392 e. The van der Waals surface area contributed by atoms with Crippen molar-refractivity contribution in [2.45, 2.75) is 25.1 Å². The number of rotatable bonds is 4. The molecule has 0 radical (unpaired) electrons. The highest BCUT2D eigenvalue weighted by atomic mass is 16.5. The highest BCUT2D eigenvalue weighted by Gasteiger charge is 2.37. The zero-order valence-electron chi connectivity index (χ0n) is 15.5. The summed E-state index contributed by atoms with van der Waals surface area (Å²) in [6.07, 6.45) is 0.404. The summed E-state index contributed by atoms with van der Waals surface area (Å²) in [4.78, 5) is 17.2.